The largest absolute Gasteiger partial charge is 0.492 e. The van der Waals surface area contributed by atoms with E-state index >= 15 is 0 Å². The zero-order chi connectivity index (χ0) is 9.68. The fourth-order valence-corrected chi connectivity index (χ4v) is 0.922. The summed E-state index contributed by atoms with van der Waals surface area (Å²) >= 11 is 0. The third-order valence-electron chi connectivity index (χ3n) is 1.44. The quantitative estimate of drug-likeness (QED) is 0.479. The number of halogens is 1. The van der Waals surface area contributed by atoms with Gasteiger partial charge < -0.3 is 4.74 Å². The predicted octanol–water partition coefficient (Wildman–Crippen LogP) is 1.38. The topological polar surface area (TPSA) is 26.3 Å². The molecule has 66 valence electrons. The van der Waals surface area contributed by atoms with Crippen LogP contribution >= 0.6 is 0 Å². The fraction of sp³-hybridized carbons (Fsp3) is 0.100. The number of ether oxygens (including phenoxy) is 1. The van der Waals surface area contributed by atoms with Crippen LogP contribution < -0.4 is 4.74 Å². The van der Waals surface area contributed by atoms with E-state index in [1.165, 1.54) is 19.2 Å². The molecule has 0 unspecified atom stereocenters. The van der Waals surface area contributed by atoms with Crippen LogP contribution in [-0.2, 0) is 4.79 Å². The van der Waals surface area contributed by atoms with Gasteiger partial charge in [-0.15, -0.1) is 0 Å². The van der Waals surface area contributed by atoms with Gasteiger partial charge in [0.1, 0.15) is 0 Å². The summed E-state index contributed by atoms with van der Waals surface area (Å²) in [6.45, 7) is 0. The molecule has 0 radical (unpaired) electrons. The minimum atomic E-state index is -0.486. The number of carbonyl (C=O) groups excluding carboxylic acids is 1. The Morgan fingerprint density at radius 2 is 2.31 bits per heavy atom. The first-order valence-electron chi connectivity index (χ1n) is 3.57. The highest BCUT2D eigenvalue weighted by atomic mass is 19.1. The van der Waals surface area contributed by atoms with Crippen LogP contribution in [0.25, 0.3) is 0 Å². The van der Waals surface area contributed by atoms with Crippen LogP contribution in [0.2, 0.25) is 0 Å². The van der Waals surface area contributed by atoms with Crippen LogP contribution in [0.3, 0.4) is 0 Å². The summed E-state index contributed by atoms with van der Waals surface area (Å²) in [6, 6.07) is 4.36. The number of benzene rings is 1. The van der Waals surface area contributed by atoms with Crippen molar-refractivity contribution in [2.24, 2.45) is 0 Å². The summed E-state index contributed by atoms with van der Waals surface area (Å²) in [7, 11) is 1.35. The van der Waals surface area contributed by atoms with Gasteiger partial charge in [-0.05, 0) is 18.1 Å². The van der Waals surface area contributed by atoms with Crippen molar-refractivity contribution in [2.45, 2.75) is 0 Å². The predicted molar refractivity (Wildman–Crippen MR) is 45.9 cm³/mol. The molecule has 0 aliphatic carbocycles. The Morgan fingerprint density at radius 1 is 1.54 bits per heavy atom. The molecule has 0 amide bonds. The molecular weight excluding hydrogens is 171 g/mol. The first-order chi connectivity index (χ1) is 6.29. The molecule has 0 saturated carbocycles. The molecule has 13 heavy (non-hydrogen) atoms. The maximum absolute atomic E-state index is 13.0. The first-order valence-corrected chi connectivity index (χ1v) is 3.57. The Kier molecular flexibility index (Phi) is 3.04. The van der Waals surface area contributed by atoms with Gasteiger partial charge in [0.05, 0.1) is 12.7 Å². The number of methoxy groups -OCH3 is 1. The van der Waals surface area contributed by atoms with Crippen LogP contribution in [0.1, 0.15) is 5.56 Å². The monoisotopic (exact) mass is 178 g/mol. The average molecular weight is 178 g/mol. The van der Waals surface area contributed by atoms with E-state index < -0.39 is 5.82 Å². The lowest BCUT2D eigenvalue weighted by molar-refractivity contribution is -0.103. The maximum atomic E-state index is 13.0. The fourth-order valence-electron chi connectivity index (χ4n) is 0.922. The molecule has 0 bridgehead atoms. The highest BCUT2D eigenvalue weighted by Crippen LogP contribution is 2.20. The molecule has 1 aromatic rings. The number of hydrogen-bond donors (Lipinski definition) is 0. The van der Waals surface area contributed by atoms with Crippen LogP contribution in [0.15, 0.2) is 18.2 Å². The second kappa shape index (κ2) is 4.27. The molecule has 3 heteroatoms. The molecule has 1 aromatic carbocycles. The number of para-hydroxylation sites is 1. The van der Waals surface area contributed by atoms with E-state index in [2.05, 4.69) is 11.8 Å². The lowest BCUT2D eigenvalue weighted by atomic mass is 10.2. The molecule has 0 saturated heterocycles. The van der Waals surface area contributed by atoms with Gasteiger partial charge in [0.15, 0.2) is 17.9 Å². The first kappa shape index (κ1) is 9.27. The van der Waals surface area contributed by atoms with E-state index in [1.54, 1.807) is 6.07 Å². The average Bonchev–Trinajstić information content (AvgIpc) is 2.15. The number of aldehydes is 1. The van der Waals surface area contributed by atoms with Gasteiger partial charge in [0.2, 0.25) is 0 Å². The molecule has 2 nitrogen and oxygen atoms in total. The summed E-state index contributed by atoms with van der Waals surface area (Å²) in [6.07, 6.45) is 0.449. The third-order valence-corrected chi connectivity index (χ3v) is 1.44. The highest BCUT2D eigenvalue weighted by Gasteiger charge is 2.05. The number of rotatable bonds is 1. The van der Waals surface area contributed by atoms with Crippen LogP contribution in [0.5, 0.6) is 5.75 Å². The summed E-state index contributed by atoms with van der Waals surface area (Å²) in [5.41, 5.74) is 0.370. The molecule has 0 spiro atoms. The smallest absolute Gasteiger partial charge is 0.193 e. The van der Waals surface area contributed by atoms with E-state index in [0.29, 0.717) is 11.8 Å². The van der Waals surface area contributed by atoms with Crippen LogP contribution in [0, 0.1) is 17.7 Å². The minimum Gasteiger partial charge on any atom is -0.492 e. The van der Waals surface area contributed by atoms with Crippen molar-refractivity contribution in [3.8, 4) is 17.6 Å². The molecule has 0 aliphatic heterocycles. The van der Waals surface area contributed by atoms with Crippen LogP contribution in [0.4, 0.5) is 4.39 Å². The van der Waals surface area contributed by atoms with Gasteiger partial charge in [0, 0.05) is 0 Å². The molecule has 0 fully saturated rings. The normalized spacial score (nSPS) is 8.46. The number of carbonyl (C=O) groups is 1. The zero-order valence-electron chi connectivity index (χ0n) is 7.00. The molecule has 0 atom stereocenters. The molecule has 0 aromatic heterocycles. The van der Waals surface area contributed by atoms with Gasteiger partial charge >= 0.3 is 0 Å². The summed E-state index contributed by atoms with van der Waals surface area (Å²) in [4.78, 5) is 9.95. The summed E-state index contributed by atoms with van der Waals surface area (Å²) in [5.74, 6) is 4.24. The number of hydrogen-bond acceptors (Lipinski definition) is 2. The van der Waals surface area contributed by atoms with E-state index in [4.69, 9.17) is 4.74 Å². The second-order valence-corrected chi connectivity index (χ2v) is 2.21. The Hall–Kier alpha value is -1.82. The van der Waals surface area contributed by atoms with Crippen molar-refractivity contribution in [3.05, 3.63) is 29.6 Å². The Balaban J connectivity index is 3.19. The molecule has 0 N–H and O–H groups in total. The Bertz CT molecular complexity index is 374. The lowest BCUT2D eigenvalue weighted by Gasteiger charge is -2.02. The van der Waals surface area contributed by atoms with Gasteiger partial charge in [-0.2, -0.15) is 0 Å². The standard InChI is InChI=1S/C10H7FO2/c1-13-10-8(5-3-7-12)4-2-6-9(10)11/h2,4,6-7H,1H3. The van der Waals surface area contributed by atoms with Crippen molar-refractivity contribution in [1.29, 1.82) is 0 Å². The van der Waals surface area contributed by atoms with E-state index in [-0.39, 0.29) is 5.75 Å². The van der Waals surface area contributed by atoms with Crippen molar-refractivity contribution in [2.75, 3.05) is 7.11 Å². The van der Waals surface area contributed by atoms with Crippen LogP contribution in [-0.4, -0.2) is 13.4 Å². The van der Waals surface area contributed by atoms with Crippen molar-refractivity contribution < 1.29 is 13.9 Å². The molecule has 0 aliphatic rings. The summed E-state index contributed by atoms with van der Waals surface area (Å²) in [5, 5.41) is 0. The zero-order valence-corrected chi connectivity index (χ0v) is 7.00. The highest BCUT2D eigenvalue weighted by molar-refractivity contribution is 5.74. The second-order valence-electron chi connectivity index (χ2n) is 2.21. The van der Waals surface area contributed by atoms with E-state index in [0.717, 1.165) is 0 Å². The minimum absolute atomic E-state index is 0.0665. The Morgan fingerprint density at radius 3 is 2.92 bits per heavy atom. The van der Waals surface area contributed by atoms with Crippen molar-refractivity contribution >= 4 is 6.29 Å². The molecular formula is C10H7FO2. The Labute approximate surface area is 75.3 Å². The van der Waals surface area contributed by atoms with E-state index in [1.807, 2.05) is 0 Å². The van der Waals surface area contributed by atoms with Gasteiger partial charge in [-0.25, -0.2) is 4.39 Å². The van der Waals surface area contributed by atoms with Crippen molar-refractivity contribution in [1.82, 2.24) is 0 Å². The van der Waals surface area contributed by atoms with Gasteiger partial charge in [-0.3, -0.25) is 4.79 Å². The summed E-state index contributed by atoms with van der Waals surface area (Å²) < 4.78 is 17.8. The lowest BCUT2D eigenvalue weighted by Crippen LogP contribution is -1.91. The SMILES string of the molecule is COc1c(F)cccc1C#CC=O. The third kappa shape index (κ3) is 2.06. The maximum Gasteiger partial charge on any atom is 0.193 e. The molecule has 1 rings (SSSR count). The van der Waals surface area contributed by atoms with Gasteiger partial charge in [-0.1, -0.05) is 12.0 Å². The van der Waals surface area contributed by atoms with E-state index in [9.17, 15) is 9.18 Å². The van der Waals surface area contributed by atoms with Crippen molar-refractivity contribution in [3.63, 3.8) is 0 Å². The van der Waals surface area contributed by atoms with Gasteiger partial charge in [0.25, 0.3) is 0 Å². The molecule has 0 heterocycles.